The second-order valence-corrected chi connectivity index (χ2v) is 3.52. The van der Waals surface area contributed by atoms with E-state index in [-0.39, 0.29) is 11.4 Å². The first kappa shape index (κ1) is 10.9. The quantitative estimate of drug-likeness (QED) is 0.730. The summed E-state index contributed by atoms with van der Waals surface area (Å²) in [6, 6.07) is 7.79. The Labute approximate surface area is 97.2 Å². The van der Waals surface area contributed by atoms with E-state index in [0.717, 1.165) is 0 Å². The van der Waals surface area contributed by atoms with Crippen LogP contribution in [-0.4, -0.2) is 21.2 Å². The lowest BCUT2D eigenvalue weighted by Gasteiger charge is -2.06. The van der Waals surface area contributed by atoms with E-state index in [1.54, 1.807) is 12.1 Å². The summed E-state index contributed by atoms with van der Waals surface area (Å²) in [7, 11) is 0. The zero-order chi connectivity index (χ0) is 12.4. The Kier molecular flexibility index (Phi) is 2.66. The molecule has 1 aromatic heterocycles. The number of anilines is 1. The zero-order valence-corrected chi connectivity index (χ0v) is 8.79. The molecule has 1 aromatic carbocycles. The molecule has 0 fully saturated rings. The van der Waals surface area contributed by atoms with Crippen LogP contribution < -0.4 is 5.73 Å². The van der Waals surface area contributed by atoms with Crippen LogP contribution >= 0.6 is 0 Å². The van der Waals surface area contributed by atoms with Crippen molar-refractivity contribution in [3.63, 3.8) is 0 Å². The molecule has 0 unspecified atom stereocenters. The molecule has 0 radical (unpaired) electrons. The second kappa shape index (κ2) is 4.13. The number of aromatic nitrogens is 1. The third-order valence-corrected chi connectivity index (χ3v) is 2.27. The smallest absolute Gasteiger partial charge is 0.355 e. The van der Waals surface area contributed by atoms with E-state index < -0.39 is 5.97 Å². The predicted molar refractivity (Wildman–Crippen MR) is 62.7 cm³/mol. The van der Waals surface area contributed by atoms with Crippen molar-refractivity contribution < 1.29 is 15.0 Å². The summed E-state index contributed by atoms with van der Waals surface area (Å²) < 4.78 is 0. The zero-order valence-electron chi connectivity index (χ0n) is 8.79. The molecule has 0 bridgehead atoms. The Morgan fingerprint density at radius 2 is 2.06 bits per heavy atom. The van der Waals surface area contributed by atoms with E-state index in [4.69, 9.17) is 10.8 Å². The van der Waals surface area contributed by atoms with Crippen molar-refractivity contribution in [3.8, 4) is 16.9 Å². The number of nitrogens with two attached hydrogens (primary N) is 1. The van der Waals surface area contributed by atoms with Crippen LogP contribution in [0, 0.1) is 0 Å². The fourth-order valence-electron chi connectivity index (χ4n) is 1.54. The maximum absolute atomic E-state index is 11.0. The molecule has 0 spiro atoms. The first-order chi connectivity index (χ1) is 8.08. The monoisotopic (exact) mass is 230 g/mol. The van der Waals surface area contributed by atoms with Crippen molar-refractivity contribution in [1.82, 2.24) is 4.98 Å². The van der Waals surface area contributed by atoms with Gasteiger partial charge in [-0.05, 0) is 23.8 Å². The molecule has 0 saturated carbocycles. The van der Waals surface area contributed by atoms with Gasteiger partial charge in [0.2, 0.25) is 0 Å². The number of hydrogen-bond acceptors (Lipinski definition) is 4. The molecule has 86 valence electrons. The molecule has 0 amide bonds. The number of phenols is 1. The summed E-state index contributed by atoms with van der Waals surface area (Å²) >= 11 is 0. The van der Waals surface area contributed by atoms with Gasteiger partial charge in [0.1, 0.15) is 5.75 Å². The van der Waals surface area contributed by atoms with Gasteiger partial charge in [0.25, 0.3) is 0 Å². The van der Waals surface area contributed by atoms with Crippen LogP contribution in [-0.2, 0) is 0 Å². The van der Waals surface area contributed by atoms with E-state index in [0.29, 0.717) is 16.8 Å². The maximum Gasteiger partial charge on any atom is 0.355 e. The lowest BCUT2D eigenvalue weighted by molar-refractivity contribution is 0.0691. The summed E-state index contributed by atoms with van der Waals surface area (Å²) in [4.78, 5) is 14.8. The Bertz CT molecular complexity index is 582. The van der Waals surface area contributed by atoms with Gasteiger partial charge in [-0.25, -0.2) is 9.78 Å². The van der Waals surface area contributed by atoms with Crippen molar-refractivity contribution in [2.45, 2.75) is 0 Å². The van der Waals surface area contributed by atoms with Crippen LogP contribution in [0.3, 0.4) is 0 Å². The standard InChI is InChI=1S/C12H10N2O3/c13-8-5-10(11(12(16)17)14-6-8)7-2-1-3-9(15)4-7/h1-6,15H,13H2,(H,16,17). The van der Waals surface area contributed by atoms with Gasteiger partial charge in [-0.15, -0.1) is 0 Å². The van der Waals surface area contributed by atoms with Crippen LogP contribution in [0.25, 0.3) is 11.1 Å². The van der Waals surface area contributed by atoms with Crippen LogP contribution in [0.2, 0.25) is 0 Å². The Morgan fingerprint density at radius 3 is 2.71 bits per heavy atom. The van der Waals surface area contributed by atoms with Crippen molar-refractivity contribution in [3.05, 3.63) is 42.2 Å². The summed E-state index contributed by atoms with van der Waals surface area (Å²) in [5.41, 5.74) is 6.80. The maximum atomic E-state index is 11.0. The number of nitrogen functional groups attached to an aromatic ring is 1. The number of aromatic carboxylic acids is 1. The molecular formula is C12H10N2O3. The molecule has 5 heteroatoms. The van der Waals surface area contributed by atoms with E-state index in [9.17, 15) is 9.90 Å². The molecule has 0 aliphatic carbocycles. The molecule has 1 heterocycles. The highest BCUT2D eigenvalue weighted by atomic mass is 16.4. The normalized spacial score (nSPS) is 10.1. The van der Waals surface area contributed by atoms with Gasteiger partial charge in [0.15, 0.2) is 5.69 Å². The van der Waals surface area contributed by atoms with Gasteiger partial charge in [-0.2, -0.15) is 0 Å². The third-order valence-electron chi connectivity index (χ3n) is 2.27. The molecule has 4 N–H and O–H groups in total. The Morgan fingerprint density at radius 1 is 1.29 bits per heavy atom. The van der Waals surface area contributed by atoms with E-state index in [2.05, 4.69) is 4.98 Å². The van der Waals surface area contributed by atoms with Crippen molar-refractivity contribution in [2.75, 3.05) is 5.73 Å². The summed E-state index contributed by atoms with van der Waals surface area (Å²) in [6.45, 7) is 0. The van der Waals surface area contributed by atoms with Crippen LogP contribution in [0.5, 0.6) is 5.75 Å². The van der Waals surface area contributed by atoms with E-state index >= 15 is 0 Å². The minimum absolute atomic E-state index is 0.0567. The Balaban J connectivity index is 2.65. The number of hydrogen-bond donors (Lipinski definition) is 3. The lowest BCUT2D eigenvalue weighted by Crippen LogP contribution is -2.04. The number of aromatic hydroxyl groups is 1. The molecule has 0 atom stereocenters. The van der Waals surface area contributed by atoms with Crippen LogP contribution in [0.1, 0.15) is 10.5 Å². The third kappa shape index (κ3) is 2.17. The minimum atomic E-state index is -1.14. The lowest BCUT2D eigenvalue weighted by atomic mass is 10.0. The van der Waals surface area contributed by atoms with Gasteiger partial charge in [-0.1, -0.05) is 12.1 Å². The number of pyridine rings is 1. The van der Waals surface area contributed by atoms with Gasteiger partial charge >= 0.3 is 5.97 Å². The van der Waals surface area contributed by atoms with Crippen LogP contribution in [0.4, 0.5) is 5.69 Å². The highest BCUT2D eigenvalue weighted by Crippen LogP contribution is 2.27. The van der Waals surface area contributed by atoms with E-state index in [1.807, 2.05) is 0 Å². The number of carboxylic acids is 1. The molecule has 2 rings (SSSR count). The number of carboxylic acid groups (broad SMARTS) is 1. The first-order valence-corrected chi connectivity index (χ1v) is 4.86. The molecule has 2 aromatic rings. The number of nitrogens with zero attached hydrogens (tertiary/aromatic N) is 1. The van der Waals surface area contributed by atoms with Crippen molar-refractivity contribution >= 4 is 11.7 Å². The van der Waals surface area contributed by atoms with Gasteiger partial charge in [0, 0.05) is 5.56 Å². The number of carbonyl (C=O) groups is 1. The van der Waals surface area contributed by atoms with Gasteiger partial charge < -0.3 is 15.9 Å². The Hall–Kier alpha value is -2.56. The minimum Gasteiger partial charge on any atom is -0.508 e. The summed E-state index contributed by atoms with van der Waals surface area (Å²) in [6.07, 6.45) is 1.29. The van der Waals surface area contributed by atoms with Crippen molar-refractivity contribution in [2.24, 2.45) is 0 Å². The molecule has 5 nitrogen and oxygen atoms in total. The highest BCUT2D eigenvalue weighted by Gasteiger charge is 2.13. The van der Waals surface area contributed by atoms with Crippen LogP contribution in [0.15, 0.2) is 36.5 Å². The first-order valence-electron chi connectivity index (χ1n) is 4.86. The molecule has 0 aliphatic heterocycles. The number of phenolic OH excluding ortho intramolecular Hbond substituents is 1. The fraction of sp³-hybridized carbons (Fsp3) is 0. The number of benzene rings is 1. The highest BCUT2D eigenvalue weighted by molar-refractivity contribution is 5.94. The fourth-order valence-corrected chi connectivity index (χ4v) is 1.54. The summed E-state index contributed by atoms with van der Waals surface area (Å²) in [5.74, 6) is -1.08. The topological polar surface area (TPSA) is 96.4 Å². The van der Waals surface area contributed by atoms with Gasteiger partial charge in [0.05, 0.1) is 11.9 Å². The SMILES string of the molecule is Nc1cnc(C(=O)O)c(-c2cccc(O)c2)c1. The number of rotatable bonds is 2. The predicted octanol–water partition coefficient (Wildman–Crippen LogP) is 1.73. The van der Waals surface area contributed by atoms with Gasteiger partial charge in [-0.3, -0.25) is 0 Å². The second-order valence-electron chi connectivity index (χ2n) is 3.52. The van der Waals surface area contributed by atoms with Crippen molar-refractivity contribution in [1.29, 1.82) is 0 Å². The summed E-state index contributed by atoms with van der Waals surface area (Å²) in [5, 5.41) is 18.4. The molecule has 0 saturated heterocycles. The molecular weight excluding hydrogens is 220 g/mol. The molecule has 17 heavy (non-hydrogen) atoms. The largest absolute Gasteiger partial charge is 0.508 e. The average molecular weight is 230 g/mol. The molecule has 0 aliphatic rings. The van der Waals surface area contributed by atoms with E-state index in [1.165, 1.54) is 24.4 Å². The average Bonchev–Trinajstić information content (AvgIpc) is 2.28.